The molecule has 8 heteroatoms. The number of benzene rings is 2. The lowest BCUT2D eigenvalue weighted by atomic mass is 10.1. The van der Waals surface area contributed by atoms with E-state index < -0.39 is 0 Å². The highest BCUT2D eigenvalue weighted by Gasteiger charge is 2.32. The molecule has 0 spiro atoms. The molecule has 0 saturated carbocycles. The number of halogens is 2. The third-order valence-corrected chi connectivity index (χ3v) is 6.17. The van der Waals surface area contributed by atoms with Crippen molar-refractivity contribution in [2.45, 2.75) is 17.0 Å². The lowest BCUT2D eigenvalue weighted by Gasteiger charge is -2.16. The zero-order chi connectivity index (χ0) is 18.8. The first-order valence-corrected chi connectivity index (χ1v) is 10.1. The number of thioether (sulfide) groups is 1. The second-order valence-corrected chi connectivity index (χ2v) is 8.49. The topological polar surface area (TPSA) is 65.8 Å². The quantitative estimate of drug-likeness (QED) is 0.721. The van der Waals surface area contributed by atoms with E-state index in [-0.39, 0.29) is 16.4 Å². The van der Waals surface area contributed by atoms with Gasteiger partial charge in [0.05, 0.1) is 22.9 Å². The smallest absolute Gasteiger partial charge is 0.210 e. The van der Waals surface area contributed by atoms with Gasteiger partial charge in [0.2, 0.25) is 5.78 Å². The van der Waals surface area contributed by atoms with E-state index in [2.05, 4.69) is 21.1 Å². The van der Waals surface area contributed by atoms with Crippen LogP contribution in [0.3, 0.4) is 0 Å². The van der Waals surface area contributed by atoms with Crippen LogP contribution in [0.1, 0.15) is 22.3 Å². The van der Waals surface area contributed by atoms with Crippen molar-refractivity contribution in [1.82, 2.24) is 10.9 Å². The molecule has 2 aromatic carbocycles. The maximum absolute atomic E-state index is 12.8. The van der Waals surface area contributed by atoms with Crippen LogP contribution in [0.5, 0.6) is 0 Å². The van der Waals surface area contributed by atoms with E-state index in [9.17, 15) is 4.79 Å². The molecule has 2 aliphatic rings. The van der Waals surface area contributed by atoms with Crippen LogP contribution < -0.4 is 10.9 Å². The largest absolute Gasteiger partial charge is 0.308 e. The summed E-state index contributed by atoms with van der Waals surface area (Å²) in [4.78, 5) is 12.8. The van der Waals surface area contributed by atoms with Crippen LogP contribution in [0, 0.1) is 0 Å². The SMILES string of the molecule is O=C(C1=NNC[C@H]1S[C@@H]1CC(c2ccc(Cl)cc2)=NN1)c1ccc(Cl)cc1. The molecule has 5 nitrogen and oxygen atoms in total. The maximum atomic E-state index is 12.8. The molecule has 0 saturated heterocycles. The molecule has 2 aromatic rings. The second-order valence-electron chi connectivity index (χ2n) is 6.21. The lowest BCUT2D eigenvalue weighted by Crippen LogP contribution is -2.30. The van der Waals surface area contributed by atoms with E-state index in [1.165, 1.54) is 0 Å². The molecule has 2 atom stereocenters. The van der Waals surface area contributed by atoms with Crippen molar-refractivity contribution in [3.8, 4) is 0 Å². The number of Topliss-reactive ketones (excluding diaryl/α,β-unsaturated/α-hetero) is 1. The predicted octanol–water partition coefficient (Wildman–Crippen LogP) is 3.96. The highest BCUT2D eigenvalue weighted by atomic mass is 35.5. The minimum atomic E-state index is -0.0778. The van der Waals surface area contributed by atoms with Crippen molar-refractivity contribution in [3.05, 3.63) is 69.7 Å². The van der Waals surface area contributed by atoms with E-state index >= 15 is 0 Å². The lowest BCUT2D eigenvalue weighted by molar-refractivity contribution is 0.106. The molecule has 0 amide bonds. The minimum Gasteiger partial charge on any atom is -0.308 e. The molecular formula is C19H16Cl2N4OS. The van der Waals surface area contributed by atoms with Crippen LogP contribution in [-0.2, 0) is 0 Å². The van der Waals surface area contributed by atoms with Gasteiger partial charge < -0.3 is 5.43 Å². The minimum absolute atomic E-state index is 0.0366. The number of hydrogen-bond acceptors (Lipinski definition) is 6. The third-order valence-electron chi connectivity index (χ3n) is 4.35. The van der Waals surface area contributed by atoms with E-state index in [1.807, 2.05) is 24.3 Å². The second kappa shape index (κ2) is 7.92. The van der Waals surface area contributed by atoms with Crippen LogP contribution in [0.4, 0.5) is 0 Å². The first-order valence-electron chi connectivity index (χ1n) is 8.44. The summed E-state index contributed by atoms with van der Waals surface area (Å²) >= 11 is 13.5. The predicted molar refractivity (Wildman–Crippen MR) is 112 cm³/mol. The summed E-state index contributed by atoms with van der Waals surface area (Å²) in [7, 11) is 0. The van der Waals surface area contributed by atoms with Crippen LogP contribution in [0.2, 0.25) is 10.0 Å². The summed E-state index contributed by atoms with van der Waals surface area (Å²) in [5.41, 5.74) is 9.26. The van der Waals surface area contributed by atoms with Crippen LogP contribution in [0.15, 0.2) is 58.7 Å². The number of nitrogens with one attached hydrogen (secondary N) is 2. The first-order chi connectivity index (χ1) is 13.1. The molecule has 0 bridgehead atoms. The fraction of sp³-hybridized carbons (Fsp3) is 0.211. The highest BCUT2D eigenvalue weighted by molar-refractivity contribution is 8.01. The van der Waals surface area contributed by atoms with E-state index in [0.29, 0.717) is 27.9 Å². The van der Waals surface area contributed by atoms with E-state index in [1.54, 1.807) is 36.0 Å². The maximum Gasteiger partial charge on any atom is 0.210 e. The zero-order valence-corrected chi connectivity index (χ0v) is 16.5. The Bertz CT molecular complexity index is 912. The third kappa shape index (κ3) is 4.13. The Hall–Kier alpha value is -2.02. The van der Waals surface area contributed by atoms with Crippen molar-refractivity contribution >= 4 is 52.2 Å². The monoisotopic (exact) mass is 418 g/mol. The Labute approximate surface area is 171 Å². The van der Waals surface area contributed by atoms with Gasteiger partial charge in [-0.05, 0) is 42.0 Å². The van der Waals surface area contributed by atoms with Gasteiger partial charge in [-0.3, -0.25) is 10.2 Å². The molecule has 0 fully saturated rings. The van der Waals surface area contributed by atoms with Gasteiger partial charge in [-0.2, -0.15) is 10.2 Å². The van der Waals surface area contributed by atoms with Crippen molar-refractivity contribution < 1.29 is 4.79 Å². The van der Waals surface area contributed by atoms with Gasteiger partial charge >= 0.3 is 0 Å². The summed E-state index contributed by atoms with van der Waals surface area (Å²) in [5.74, 6) is -0.0778. The number of carbonyl (C=O) groups excluding carboxylic acids is 1. The molecule has 2 heterocycles. The fourth-order valence-electron chi connectivity index (χ4n) is 2.96. The Balaban J connectivity index is 1.40. The highest BCUT2D eigenvalue weighted by Crippen LogP contribution is 2.28. The molecule has 0 radical (unpaired) electrons. The Morgan fingerprint density at radius 1 is 1.00 bits per heavy atom. The fourth-order valence-corrected chi connectivity index (χ4v) is 4.44. The number of nitrogens with zero attached hydrogens (tertiary/aromatic N) is 2. The van der Waals surface area contributed by atoms with Crippen LogP contribution >= 0.6 is 35.0 Å². The van der Waals surface area contributed by atoms with Gasteiger partial charge in [-0.1, -0.05) is 35.3 Å². The zero-order valence-electron chi connectivity index (χ0n) is 14.2. The molecule has 2 N–H and O–H groups in total. The van der Waals surface area contributed by atoms with Gasteiger partial charge in [-0.15, -0.1) is 11.8 Å². The number of hydrogen-bond donors (Lipinski definition) is 2. The molecule has 0 aromatic heterocycles. The number of carbonyl (C=O) groups is 1. The Morgan fingerprint density at radius 2 is 1.67 bits per heavy atom. The average molecular weight is 419 g/mol. The van der Waals surface area contributed by atoms with Gasteiger partial charge in [-0.25, -0.2) is 0 Å². The van der Waals surface area contributed by atoms with Crippen molar-refractivity contribution in [3.63, 3.8) is 0 Å². The van der Waals surface area contributed by atoms with Crippen LogP contribution in [-0.4, -0.2) is 34.4 Å². The number of ketones is 1. The van der Waals surface area contributed by atoms with E-state index in [4.69, 9.17) is 23.2 Å². The van der Waals surface area contributed by atoms with Gasteiger partial charge in [0, 0.05) is 22.0 Å². The van der Waals surface area contributed by atoms with Gasteiger partial charge in [0.1, 0.15) is 5.71 Å². The summed E-state index contributed by atoms with van der Waals surface area (Å²) in [6.07, 6.45) is 0.769. The summed E-state index contributed by atoms with van der Waals surface area (Å²) in [6, 6.07) is 14.5. The number of rotatable bonds is 5. The van der Waals surface area contributed by atoms with Crippen molar-refractivity contribution in [2.75, 3.05) is 6.54 Å². The van der Waals surface area contributed by atoms with E-state index in [0.717, 1.165) is 17.7 Å². The van der Waals surface area contributed by atoms with Crippen molar-refractivity contribution in [1.29, 1.82) is 0 Å². The van der Waals surface area contributed by atoms with Crippen molar-refractivity contribution in [2.24, 2.45) is 10.2 Å². The molecule has 0 aliphatic carbocycles. The van der Waals surface area contributed by atoms with Crippen LogP contribution in [0.25, 0.3) is 0 Å². The normalized spacial score (nSPS) is 21.3. The van der Waals surface area contributed by atoms with Gasteiger partial charge in [0.25, 0.3) is 0 Å². The first kappa shape index (κ1) is 18.3. The van der Waals surface area contributed by atoms with Gasteiger partial charge in [0.15, 0.2) is 0 Å². The standard InChI is InChI=1S/C19H16Cl2N4OS/c20-13-5-1-11(2-6-13)15-9-17(24-23-15)27-16-10-22-25-18(16)19(26)12-3-7-14(21)8-4-12/h1-8,16-17,22,24H,9-10H2/t16-,17-/m1/s1. The molecule has 2 aliphatic heterocycles. The average Bonchev–Trinajstić information content (AvgIpc) is 3.32. The molecule has 138 valence electrons. The Kier molecular flexibility index (Phi) is 5.38. The Morgan fingerprint density at radius 3 is 2.37 bits per heavy atom. The molecule has 27 heavy (non-hydrogen) atoms. The molecular weight excluding hydrogens is 403 g/mol. The molecule has 0 unspecified atom stereocenters. The summed E-state index contributed by atoms with van der Waals surface area (Å²) < 4.78 is 0. The molecule has 4 rings (SSSR count). The summed E-state index contributed by atoms with van der Waals surface area (Å²) in [6.45, 7) is 0.619. The summed E-state index contributed by atoms with van der Waals surface area (Å²) in [5, 5.41) is 10.0. The number of hydrazone groups is 2.